The van der Waals surface area contributed by atoms with Crippen molar-refractivity contribution in [2.24, 2.45) is 0 Å². The summed E-state index contributed by atoms with van der Waals surface area (Å²) in [6.07, 6.45) is 3.17. The van der Waals surface area contributed by atoms with Crippen LogP contribution in [0.25, 0.3) is 0 Å². The SMILES string of the molecule is CCC(=O)N1CCc2cc(C(=O)N3CCCN(C(=O)CCc4ccc(OC)cc4)CC3)ccc21. The molecule has 0 unspecified atom stereocenters. The highest BCUT2D eigenvalue weighted by molar-refractivity contribution is 5.98. The van der Waals surface area contributed by atoms with Crippen molar-refractivity contribution in [2.75, 3.05) is 44.7 Å². The molecule has 180 valence electrons. The van der Waals surface area contributed by atoms with E-state index in [4.69, 9.17) is 4.74 Å². The molecule has 4 rings (SSSR count). The molecule has 0 aliphatic carbocycles. The molecule has 1 fully saturated rings. The minimum atomic E-state index is -0.00407. The molecular formula is C27H33N3O4. The molecule has 2 aliphatic rings. The number of amides is 3. The zero-order chi connectivity index (χ0) is 24.1. The third-order valence-electron chi connectivity index (χ3n) is 6.75. The molecule has 2 heterocycles. The maximum atomic E-state index is 13.2. The van der Waals surface area contributed by atoms with Gasteiger partial charge in [-0.1, -0.05) is 19.1 Å². The summed E-state index contributed by atoms with van der Waals surface area (Å²) in [5, 5.41) is 0. The van der Waals surface area contributed by atoms with Crippen molar-refractivity contribution in [1.82, 2.24) is 9.80 Å². The van der Waals surface area contributed by atoms with E-state index in [9.17, 15) is 14.4 Å². The number of benzene rings is 2. The molecule has 34 heavy (non-hydrogen) atoms. The van der Waals surface area contributed by atoms with Crippen LogP contribution in [0.2, 0.25) is 0 Å². The number of carbonyl (C=O) groups excluding carboxylic acids is 3. The van der Waals surface area contributed by atoms with Gasteiger partial charge in [-0.05, 0) is 60.7 Å². The Morgan fingerprint density at radius 3 is 2.35 bits per heavy atom. The third-order valence-corrected chi connectivity index (χ3v) is 6.75. The quantitative estimate of drug-likeness (QED) is 0.659. The summed E-state index contributed by atoms with van der Waals surface area (Å²) in [4.78, 5) is 43.7. The number of carbonyl (C=O) groups is 3. The largest absolute Gasteiger partial charge is 0.497 e. The fourth-order valence-corrected chi connectivity index (χ4v) is 4.74. The second kappa shape index (κ2) is 10.7. The van der Waals surface area contributed by atoms with Gasteiger partial charge >= 0.3 is 0 Å². The predicted molar refractivity (Wildman–Crippen MR) is 131 cm³/mol. The Labute approximate surface area is 201 Å². The highest BCUT2D eigenvalue weighted by Gasteiger charge is 2.27. The number of rotatable bonds is 6. The van der Waals surface area contributed by atoms with E-state index in [0.29, 0.717) is 57.5 Å². The van der Waals surface area contributed by atoms with Crippen LogP contribution in [0.3, 0.4) is 0 Å². The standard InChI is InChI=1S/C27H33N3O4/c1-3-25(31)30-16-13-21-19-22(8-11-24(21)30)27(33)29-15-4-14-28(17-18-29)26(32)12-7-20-5-9-23(34-2)10-6-20/h5-6,8-11,19H,3-4,7,12-18H2,1-2H3. The topological polar surface area (TPSA) is 70.2 Å². The summed E-state index contributed by atoms with van der Waals surface area (Å²) in [5.74, 6) is 1.04. The van der Waals surface area contributed by atoms with Gasteiger partial charge in [0.05, 0.1) is 7.11 Å². The van der Waals surface area contributed by atoms with E-state index in [0.717, 1.165) is 35.4 Å². The van der Waals surface area contributed by atoms with Crippen molar-refractivity contribution in [2.45, 2.75) is 39.0 Å². The van der Waals surface area contributed by atoms with Gasteiger partial charge in [-0.3, -0.25) is 14.4 Å². The smallest absolute Gasteiger partial charge is 0.253 e. The minimum Gasteiger partial charge on any atom is -0.497 e. The predicted octanol–water partition coefficient (Wildman–Crippen LogP) is 3.30. The van der Waals surface area contributed by atoms with Crippen LogP contribution in [0, 0.1) is 0 Å². The minimum absolute atomic E-state index is 0.00407. The molecule has 0 N–H and O–H groups in total. The lowest BCUT2D eigenvalue weighted by Gasteiger charge is -2.23. The summed E-state index contributed by atoms with van der Waals surface area (Å²) in [6, 6.07) is 13.5. The molecule has 3 amide bonds. The highest BCUT2D eigenvalue weighted by Crippen LogP contribution is 2.30. The normalized spacial score (nSPS) is 15.6. The number of aryl methyl sites for hydroxylation is 1. The highest BCUT2D eigenvalue weighted by atomic mass is 16.5. The van der Waals surface area contributed by atoms with Crippen LogP contribution in [-0.4, -0.2) is 67.4 Å². The lowest BCUT2D eigenvalue weighted by molar-refractivity contribution is -0.131. The van der Waals surface area contributed by atoms with Crippen molar-refractivity contribution in [3.8, 4) is 5.75 Å². The second-order valence-corrected chi connectivity index (χ2v) is 8.87. The Balaban J connectivity index is 1.32. The van der Waals surface area contributed by atoms with Gasteiger partial charge < -0.3 is 19.4 Å². The Morgan fingerprint density at radius 2 is 1.62 bits per heavy atom. The fraction of sp³-hybridized carbons (Fsp3) is 0.444. The maximum Gasteiger partial charge on any atom is 0.253 e. The second-order valence-electron chi connectivity index (χ2n) is 8.87. The number of anilines is 1. The zero-order valence-corrected chi connectivity index (χ0v) is 20.1. The van der Waals surface area contributed by atoms with Crippen LogP contribution in [-0.2, 0) is 22.4 Å². The first kappa shape index (κ1) is 23.8. The Hall–Kier alpha value is -3.35. The lowest BCUT2D eigenvalue weighted by Crippen LogP contribution is -2.37. The average molecular weight is 464 g/mol. The van der Waals surface area contributed by atoms with Crippen LogP contribution >= 0.6 is 0 Å². The van der Waals surface area contributed by atoms with E-state index in [1.165, 1.54) is 0 Å². The molecule has 2 aromatic carbocycles. The fourth-order valence-electron chi connectivity index (χ4n) is 4.74. The number of ether oxygens (including phenoxy) is 1. The van der Waals surface area contributed by atoms with Gasteiger partial charge in [0.15, 0.2) is 0 Å². The van der Waals surface area contributed by atoms with Crippen LogP contribution < -0.4 is 9.64 Å². The molecule has 0 atom stereocenters. The van der Waals surface area contributed by atoms with E-state index in [-0.39, 0.29) is 17.7 Å². The van der Waals surface area contributed by atoms with Gasteiger partial charge in [-0.2, -0.15) is 0 Å². The first-order chi connectivity index (χ1) is 16.5. The molecule has 2 aromatic rings. The van der Waals surface area contributed by atoms with Gasteiger partial charge in [-0.15, -0.1) is 0 Å². The number of hydrogen-bond acceptors (Lipinski definition) is 4. The summed E-state index contributed by atoms with van der Waals surface area (Å²) in [7, 11) is 1.64. The van der Waals surface area contributed by atoms with Crippen molar-refractivity contribution in [3.05, 3.63) is 59.2 Å². The monoisotopic (exact) mass is 463 g/mol. The summed E-state index contributed by atoms with van der Waals surface area (Å²) in [6.45, 7) is 4.94. The van der Waals surface area contributed by atoms with Gasteiger partial charge in [0, 0.05) is 56.8 Å². The van der Waals surface area contributed by atoms with Gasteiger partial charge in [0.25, 0.3) is 5.91 Å². The third kappa shape index (κ3) is 5.24. The van der Waals surface area contributed by atoms with Crippen LogP contribution in [0.4, 0.5) is 5.69 Å². The van der Waals surface area contributed by atoms with Crippen LogP contribution in [0.1, 0.15) is 47.7 Å². The molecule has 0 saturated carbocycles. The Morgan fingerprint density at radius 1 is 0.882 bits per heavy atom. The van der Waals surface area contributed by atoms with E-state index in [1.807, 2.05) is 64.1 Å². The molecular weight excluding hydrogens is 430 g/mol. The number of hydrogen-bond donors (Lipinski definition) is 0. The Kier molecular flexibility index (Phi) is 7.50. The van der Waals surface area contributed by atoms with Gasteiger partial charge in [-0.25, -0.2) is 0 Å². The molecule has 7 nitrogen and oxygen atoms in total. The Bertz CT molecular complexity index is 1050. The van der Waals surface area contributed by atoms with Gasteiger partial charge in [0.2, 0.25) is 11.8 Å². The maximum absolute atomic E-state index is 13.2. The van der Waals surface area contributed by atoms with Crippen LogP contribution in [0.5, 0.6) is 5.75 Å². The molecule has 0 aromatic heterocycles. The zero-order valence-electron chi connectivity index (χ0n) is 20.1. The van der Waals surface area contributed by atoms with Crippen molar-refractivity contribution < 1.29 is 19.1 Å². The van der Waals surface area contributed by atoms with Gasteiger partial charge in [0.1, 0.15) is 5.75 Å². The average Bonchev–Trinajstić information content (AvgIpc) is 3.14. The molecule has 0 radical (unpaired) electrons. The van der Waals surface area contributed by atoms with Crippen molar-refractivity contribution >= 4 is 23.4 Å². The van der Waals surface area contributed by atoms with E-state index >= 15 is 0 Å². The number of fused-ring (bicyclic) bond motifs is 1. The summed E-state index contributed by atoms with van der Waals surface area (Å²) in [5.41, 5.74) is 3.74. The molecule has 1 saturated heterocycles. The van der Waals surface area contributed by atoms with Crippen molar-refractivity contribution in [3.63, 3.8) is 0 Å². The summed E-state index contributed by atoms with van der Waals surface area (Å²) >= 11 is 0. The van der Waals surface area contributed by atoms with Crippen LogP contribution in [0.15, 0.2) is 42.5 Å². The van der Waals surface area contributed by atoms with Crippen molar-refractivity contribution in [1.29, 1.82) is 0 Å². The molecule has 0 bridgehead atoms. The van der Waals surface area contributed by atoms with E-state index in [1.54, 1.807) is 7.11 Å². The first-order valence-corrected chi connectivity index (χ1v) is 12.1. The van der Waals surface area contributed by atoms with E-state index < -0.39 is 0 Å². The molecule has 7 heteroatoms. The van der Waals surface area contributed by atoms with E-state index in [2.05, 4.69) is 0 Å². The summed E-state index contributed by atoms with van der Waals surface area (Å²) < 4.78 is 5.18. The molecule has 0 spiro atoms. The lowest BCUT2D eigenvalue weighted by atomic mass is 10.1. The first-order valence-electron chi connectivity index (χ1n) is 12.1. The molecule has 2 aliphatic heterocycles. The number of nitrogens with zero attached hydrogens (tertiary/aromatic N) is 3. The number of methoxy groups -OCH3 is 1.